The molecule has 0 radical (unpaired) electrons. The molecule has 3 aromatic rings. The number of rotatable bonds is 3. The third-order valence-corrected chi connectivity index (χ3v) is 4.19. The second-order valence-electron chi connectivity index (χ2n) is 5.95. The quantitative estimate of drug-likeness (QED) is 0.437. The lowest BCUT2D eigenvalue weighted by Gasteiger charge is -2.05. The third-order valence-electron chi connectivity index (χ3n) is 4.19. The van der Waals surface area contributed by atoms with E-state index in [2.05, 4.69) is 18.4 Å². The highest BCUT2D eigenvalue weighted by Gasteiger charge is 2.14. The maximum absolute atomic E-state index is 14.3. The normalized spacial score (nSPS) is 10.1. The van der Waals surface area contributed by atoms with Crippen LogP contribution >= 0.6 is 0 Å². The number of hydrogen-bond donors (Lipinski definition) is 0. The van der Waals surface area contributed by atoms with Gasteiger partial charge in [-0.15, -0.1) is 6.58 Å². The molecule has 0 amide bonds. The van der Waals surface area contributed by atoms with Gasteiger partial charge in [0.25, 0.3) is 0 Å². The summed E-state index contributed by atoms with van der Waals surface area (Å²) in [6, 6.07) is 12.0. The smallest absolute Gasteiger partial charge is 0.151 e. The van der Waals surface area contributed by atoms with Crippen molar-refractivity contribution in [1.82, 2.24) is 0 Å². The first-order chi connectivity index (χ1) is 13.0. The van der Waals surface area contributed by atoms with Crippen molar-refractivity contribution in [2.45, 2.75) is 12.8 Å². The monoisotopic (exact) mass is 361 g/mol. The minimum Gasteiger partial charge on any atom is -0.206 e. The molecular formula is C23H14F3N. The van der Waals surface area contributed by atoms with Gasteiger partial charge in [0.1, 0.15) is 23.3 Å². The van der Waals surface area contributed by atoms with Gasteiger partial charge in [-0.3, -0.25) is 0 Å². The van der Waals surface area contributed by atoms with Crippen molar-refractivity contribution in [2.24, 2.45) is 0 Å². The summed E-state index contributed by atoms with van der Waals surface area (Å²) in [4.78, 5) is 0. The average Bonchev–Trinajstić information content (AvgIpc) is 2.66. The average molecular weight is 361 g/mol. The molecule has 0 N–H and O–H groups in total. The Morgan fingerprint density at radius 3 is 2.41 bits per heavy atom. The van der Waals surface area contributed by atoms with Crippen LogP contribution in [0.15, 0.2) is 55.1 Å². The predicted molar refractivity (Wildman–Crippen MR) is 99.5 cm³/mol. The van der Waals surface area contributed by atoms with Gasteiger partial charge in [0.2, 0.25) is 0 Å². The Morgan fingerprint density at radius 1 is 0.926 bits per heavy atom. The van der Waals surface area contributed by atoms with Crippen LogP contribution in [0.25, 0.3) is 10.8 Å². The molecule has 0 bridgehead atoms. The summed E-state index contributed by atoms with van der Waals surface area (Å²) < 4.78 is 42.5. The summed E-state index contributed by atoms with van der Waals surface area (Å²) in [6.45, 7) is 3.64. The van der Waals surface area contributed by atoms with Crippen molar-refractivity contribution in [2.75, 3.05) is 0 Å². The SMILES string of the molecule is C=CCCc1ccc(C#Cc2cccc3c(F)c(C#N)c(F)cc23)c(F)c1. The molecule has 0 unspecified atom stereocenters. The molecule has 0 spiro atoms. The highest BCUT2D eigenvalue weighted by atomic mass is 19.1. The summed E-state index contributed by atoms with van der Waals surface area (Å²) >= 11 is 0. The third kappa shape index (κ3) is 3.71. The Balaban J connectivity index is 2.04. The van der Waals surface area contributed by atoms with E-state index in [1.807, 2.05) is 0 Å². The van der Waals surface area contributed by atoms with Gasteiger partial charge in [-0.25, -0.2) is 13.2 Å². The molecule has 27 heavy (non-hydrogen) atoms. The summed E-state index contributed by atoms with van der Waals surface area (Å²) in [7, 11) is 0. The Bertz CT molecular complexity index is 1140. The number of halogens is 3. The fourth-order valence-corrected chi connectivity index (χ4v) is 2.78. The Labute approximate surface area is 155 Å². The van der Waals surface area contributed by atoms with Crippen LogP contribution in [0.2, 0.25) is 0 Å². The highest BCUT2D eigenvalue weighted by molar-refractivity contribution is 5.90. The summed E-state index contributed by atoms with van der Waals surface area (Å²) in [5.41, 5.74) is 0.763. The van der Waals surface area contributed by atoms with Crippen LogP contribution in [-0.4, -0.2) is 0 Å². The number of allylic oxidation sites excluding steroid dienone is 1. The van der Waals surface area contributed by atoms with Crippen LogP contribution in [0.1, 0.15) is 28.7 Å². The molecule has 0 fully saturated rings. The zero-order valence-electron chi connectivity index (χ0n) is 14.3. The van der Waals surface area contributed by atoms with E-state index in [9.17, 15) is 13.2 Å². The van der Waals surface area contributed by atoms with Crippen LogP contribution in [-0.2, 0) is 6.42 Å². The van der Waals surface area contributed by atoms with Crippen molar-refractivity contribution >= 4 is 10.8 Å². The van der Waals surface area contributed by atoms with E-state index in [1.54, 1.807) is 30.3 Å². The topological polar surface area (TPSA) is 23.8 Å². The van der Waals surface area contributed by atoms with E-state index in [-0.39, 0.29) is 16.3 Å². The first-order valence-corrected chi connectivity index (χ1v) is 8.27. The minimum atomic E-state index is -0.950. The van der Waals surface area contributed by atoms with Gasteiger partial charge >= 0.3 is 0 Å². The van der Waals surface area contributed by atoms with Gasteiger partial charge in [0.15, 0.2) is 5.82 Å². The standard InChI is InChI=1S/C23H14F3N/c1-2-3-5-15-8-9-17(21(24)12-15)11-10-16-6-4-7-18-19(16)13-22(25)20(14-27)23(18)26/h2,4,6-9,12-13H,1,3,5H2. The largest absolute Gasteiger partial charge is 0.206 e. The van der Waals surface area contributed by atoms with Crippen LogP contribution in [0.4, 0.5) is 13.2 Å². The number of aryl methyl sites for hydroxylation is 1. The lowest BCUT2D eigenvalue weighted by molar-refractivity contribution is 0.585. The van der Waals surface area contributed by atoms with E-state index in [1.165, 1.54) is 18.2 Å². The molecule has 0 saturated heterocycles. The molecule has 4 heteroatoms. The zero-order chi connectivity index (χ0) is 19.4. The first kappa shape index (κ1) is 18.3. The number of nitriles is 1. The zero-order valence-corrected chi connectivity index (χ0v) is 14.3. The van der Waals surface area contributed by atoms with Gasteiger partial charge in [-0.1, -0.05) is 36.1 Å². The maximum atomic E-state index is 14.3. The number of fused-ring (bicyclic) bond motifs is 1. The summed E-state index contributed by atoms with van der Waals surface area (Å²) in [6.07, 6.45) is 3.21. The summed E-state index contributed by atoms with van der Waals surface area (Å²) in [5.74, 6) is 3.17. The lowest BCUT2D eigenvalue weighted by atomic mass is 10.0. The second kappa shape index (κ2) is 7.81. The molecule has 3 rings (SSSR count). The van der Waals surface area contributed by atoms with Crippen molar-refractivity contribution in [3.05, 3.63) is 94.8 Å². The molecule has 0 heterocycles. The fraction of sp³-hybridized carbons (Fsp3) is 0.0870. The molecule has 0 aromatic heterocycles. The molecule has 0 aliphatic carbocycles. The number of nitrogens with zero attached hydrogens (tertiary/aromatic N) is 1. The van der Waals surface area contributed by atoms with Gasteiger partial charge in [-0.2, -0.15) is 5.26 Å². The van der Waals surface area contributed by atoms with E-state index >= 15 is 0 Å². The van der Waals surface area contributed by atoms with Gasteiger partial charge in [-0.05, 0) is 42.7 Å². The molecular weight excluding hydrogens is 347 g/mol. The van der Waals surface area contributed by atoms with Gasteiger partial charge in [0, 0.05) is 16.3 Å². The molecule has 0 aliphatic rings. The lowest BCUT2D eigenvalue weighted by Crippen LogP contribution is -1.94. The second-order valence-corrected chi connectivity index (χ2v) is 5.95. The van der Waals surface area contributed by atoms with Gasteiger partial charge in [0.05, 0.1) is 5.56 Å². The predicted octanol–water partition coefficient (Wildman–Crippen LogP) is 5.65. The van der Waals surface area contributed by atoms with Crippen molar-refractivity contribution in [1.29, 1.82) is 5.26 Å². The molecule has 0 atom stereocenters. The van der Waals surface area contributed by atoms with E-state index < -0.39 is 23.0 Å². The minimum absolute atomic E-state index is 0.0972. The van der Waals surface area contributed by atoms with Crippen LogP contribution in [0, 0.1) is 40.6 Å². The molecule has 132 valence electrons. The van der Waals surface area contributed by atoms with E-state index in [0.29, 0.717) is 12.0 Å². The molecule has 3 aromatic carbocycles. The van der Waals surface area contributed by atoms with Crippen molar-refractivity contribution < 1.29 is 13.2 Å². The highest BCUT2D eigenvalue weighted by Crippen LogP contribution is 2.26. The maximum Gasteiger partial charge on any atom is 0.151 e. The molecule has 1 nitrogen and oxygen atoms in total. The Morgan fingerprint density at radius 2 is 1.70 bits per heavy atom. The van der Waals surface area contributed by atoms with Crippen LogP contribution in [0.5, 0.6) is 0 Å². The Kier molecular flexibility index (Phi) is 5.29. The first-order valence-electron chi connectivity index (χ1n) is 8.27. The molecule has 0 saturated carbocycles. The van der Waals surface area contributed by atoms with Gasteiger partial charge < -0.3 is 0 Å². The van der Waals surface area contributed by atoms with Crippen molar-refractivity contribution in [3.8, 4) is 17.9 Å². The van der Waals surface area contributed by atoms with Crippen molar-refractivity contribution in [3.63, 3.8) is 0 Å². The van der Waals surface area contributed by atoms with E-state index in [4.69, 9.17) is 5.26 Å². The number of benzene rings is 3. The fourth-order valence-electron chi connectivity index (χ4n) is 2.78. The van der Waals surface area contributed by atoms with Crippen LogP contribution < -0.4 is 0 Å². The summed E-state index contributed by atoms with van der Waals surface area (Å²) in [5, 5.41) is 9.22. The van der Waals surface area contributed by atoms with E-state index in [0.717, 1.165) is 18.1 Å². The number of hydrogen-bond acceptors (Lipinski definition) is 1. The molecule has 0 aliphatic heterocycles. The Hall–Kier alpha value is -3.50. The van der Waals surface area contributed by atoms with Crippen LogP contribution in [0.3, 0.4) is 0 Å².